The maximum Gasteiger partial charge on any atom is 0.167 e. The summed E-state index contributed by atoms with van der Waals surface area (Å²) in [5.74, 6) is 0.572. The van der Waals surface area contributed by atoms with Gasteiger partial charge in [-0.15, -0.1) is 11.6 Å². The molecule has 0 fully saturated rings. The van der Waals surface area contributed by atoms with Crippen molar-refractivity contribution < 1.29 is 0 Å². The van der Waals surface area contributed by atoms with Crippen molar-refractivity contribution in [2.75, 3.05) is 5.75 Å². The number of nitrogens with zero attached hydrogens (tertiary/aromatic N) is 3. The molecule has 0 aliphatic heterocycles. The molecule has 1 atom stereocenters. The molecule has 64 valence electrons. The van der Waals surface area contributed by atoms with Gasteiger partial charge >= 0.3 is 0 Å². The smallest absolute Gasteiger partial charge is 0.167 e. The fraction of sp³-hybridized carbons (Fsp3) is 0.429. The molecule has 0 N–H and O–H groups in total. The number of rotatable bonds is 3. The Labute approximate surface area is 80.3 Å². The van der Waals surface area contributed by atoms with Crippen molar-refractivity contribution >= 4 is 23.4 Å². The third kappa shape index (κ3) is 2.43. The highest BCUT2D eigenvalue weighted by Crippen LogP contribution is 2.16. The van der Waals surface area contributed by atoms with Crippen LogP contribution in [0, 0.1) is 11.3 Å². The molecular weight excluding hydrogens is 194 g/mol. The van der Waals surface area contributed by atoms with E-state index in [0.717, 1.165) is 5.16 Å². The Morgan fingerprint density at radius 3 is 3.17 bits per heavy atom. The summed E-state index contributed by atoms with van der Waals surface area (Å²) >= 11 is 7.10. The Kier molecular flexibility index (Phi) is 3.45. The standard InChI is InChI=1S/C7H8ClN3S/c1-11-3-2-10-7(11)12-5-6(8)4-9/h2-3,6H,5H2,1H3. The van der Waals surface area contributed by atoms with Gasteiger partial charge in [0.05, 0.1) is 6.07 Å². The van der Waals surface area contributed by atoms with Crippen LogP contribution in [0.1, 0.15) is 0 Å². The monoisotopic (exact) mass is 201 g/mol. The molecule has 0 amide bonds. The highest BCUT2D eigenvalue weighted by Gasteiger charge is 2.05. The molecule has 0 spiro atoms. The van der Waals surface area contributed by atoms with Crippen LogP contribution in [0.3, 0.4) is 0 Å². The molecule has 0 bridgehead atoms. The number of nitriles is 1. The first-order valence-corrected chi connectivity index (χ1v) is 4.80. The van der Waals surface area contributed by atoms with Crippen molar-refractivity contribution in [1.82, 2.24) is 9.55 Å². The van der Waals surface area contributed by atoms with E-state index in [-0.39, 0.29) is 0 Å². The Bertz CT molecular complexity index is 291. The first-order valence-electron chi connectivity index (χ1n) is 3.38. The van der Waals surface area contributed by atoms with Crippen molar-refractivity contribution in [2.24, 2.45) is 7.05 Å². The number of hydrogen-bond donors (Lipinski definition) is 0. The number of aromatic nitrogens is 2. The van der Waals surface area contributed by atoms with Crippen molar-refractivity contribution in [3.63, 3.8) is 0 Å². The number of alkyl halides is 1. The lowest BCUT2D eigenvalue weighted by molar-refractivity contribution is 0.790. The normalized spacial score (nSPS) is 12.4. The molecule has 1 heterocycles. The van der Waals surface area contributed by atoms with Gasteiger partial charge in [0.2, 0.25) is 0 Å². The quantitative estimate of drug-likeness (QED) is 0.552. The summed E-state index contributed by atoms with van der Waals surface area (Å²) in [6.45, 7) is 0. The molecule has 0 aromatic carbocycles. The third-order valence-corrected chi connectivity index (χ3v) is 2.86. The van der Waals surface area contributed by atoms with Crippen LogP contribution in [0.2, 0.25) is 0 Å². The average Bonchev–Trinajstić information content (AvgIpc) is 2.47. The fourth-order valence-corrected chi connectivity index (χ4v) is 1.63. The minimum atomic E-state index is -0.438. The van der Waals surface area contributed by atoms with Gasteiger partial charge in [-0.05, 0) is 0 Å². The van der Waals surface area contributed by atoms with Gasteiger partial charge in [0.15, 0.2) is 5.16 Å². The molecule has 3 nitrogen and oxygen atoms in total. The summed E-state index contributed by atoms with van der Waals surface area (Å²) < 4.78 is 1.89. The van der Waals surface area contributed by atoms with Crippen molar-refractivity contribution in [3.8, 4) is 6.07 Å². The van der Waals surface area contributed by atoms with Crippen molar-refractivity contribution in [2.45, 2.75) is 10.5 Å². The second kappa shape index (κ2) is 4.39. The van der Waals surface area contributed by atoms with E-state index in [0.29, 0.717) is 5.75 Å². The van der Waals surface area contributed by atoms with Gasteiger partial charge < -0.3 is 4.57 Å². The van der Waals surface area contributed by atoms with E-state index < -0.39 is 5.38 Å². The highest BCUT2D eigenvalue weighted by molar-refractivity contribution is 7.99. The molecular formula is C7H8ClN3S. The minimum Gasteiger partial charge on any atom is -0.329 e. The first-order chi connectivity index (χ1) is 5.74. The molecule has 12 heavy (non-hydrogen) atoms. The summed E-state index contributed by atoms with van der Waals surface area (Å²) in [5, 5.41) is 8.86. The summed E-state index contributed by atoms with van der Waals surface area (Å²) in [4.78, 5) is 4.08. The maximum absolute atomic E-state index is 8.41. The van der Waals surface area contributed by atoms with E-state index in [1.165, 1.54) is 11.8 Å². The molecule has 0 aliphatic carbocycles. The van der Waals surface area contributed by atoms with E-state index in [9.17, 15) is 0 Å². The summed E-state index contributed by atoms with van der Waals surface area (Å²) in [5.41, 5.74) is 0. The fourth-order valence-electron chi connectivity index (χ4n) is 0.676. The molecule has 1 aromatic heterocycles. The number of aryl methyl sites for hydroxylation is 1. The predicted octanol–water partition coefficient (Wildman–Crippen LogP) is 1.64. The lowest BCUT2D eigenvalue weighted by atomic mass is 10.5. The van der Waals surface area contributed by atoms with Crippen LogP contribution < -0.4 is 0 Å². The zero-order valence-corrected chi connectivity index (χ0v) is 8.14. The second-order valence-electron chi connectivity index (χ2n) is 2.23. The van der Waals surface area contributed by atoms with E-state index in [1.54, 1.807) is 6.20 Å². The van der Waals surface area contributed by atoms with E-state index >= 15 is 0 Å². The van der Waals surface area contributed by atoms with Crippen LogP contribution in [0.4, 0.5) is 0 Å². The topological polar surface area (TPSA) is 41.6 Å². The summed E-state index contributed by atoms with van der Waals surface area (Å²) in [6, 6.07) is 1.95. The molecule has 0 aliphatic rings. The Balaban J connectivity index is 2.44. The molecule has 1 unspecified atom stereocenters. The Morgan fingerprint density at radius 2 is 2.67 bits per heavy atom. The Morgan fingerprint density at radius 1 is 1.92 bits per heavy atom. The molecule has 0 saturated heterocycles. The lowest BCUT2D eigenvalue weighted by Crippen LogP contribution is -1.99. The molecule has 1 aromatic rings. The van der Waals surface area contributed by atoms with Gasteiger partial charge in [-0.2, -0.15) is 5.26 Å². The number of imidazole rings is 1. The third-order valence-electron chi connectivity index (χ3n) is 1.28. The number of halogens is 1. The van der Waals surface area contributed by atoms with Gasteiger partial charge in [0.25, 0.3) is 0 Å². The van der Waals surface area contributed by atoms with Gasteiger partial charge in [-0.3, -0.25) is 0 Å². The predicted molar refractivity (Wildman–Crippen MR) is 49.2 cm³/mol. The zero-order chi connectivity index (χ0) is 8.97. The largest absolute Gasteiger partial charge is 0.329 e. The number of thioether (sulfide) groups is 1. The van der Waals surface area contributed by atoms with Crippen LogP contribution in [-0.4, -0.2) is 20.7 Å². The lowest BCUT2D eigenvalue weighted by Gasteiger charge is -2.00. The second-order valence-corrected chi connectivity index (χ2v) is 3.74. The average molecular weight is 202 g/mol. The first kappa shape index (κ1) is 9.43. The zero-order valence-electron chi connectivity index (χ0n) is 6.57. The molecule has 1 rings (SSSR count). The van der Waals surface area contributed by atoms with Crippen molar-refractivity contribution in [3.05, 3.63) is 12.4 Å². The van der Waals surface area contributed by atoms with E-state index in [1.807, 2.05) is 23.9 Å². The van der Waals surface area contributed by atoms with Gasteiger partial charge in [0, 0.05) is 25.2 Å². The van der Waals surface area contributed by atoms with Crippen LogP contribution in [0.15, 0.2) is 17.6 Å². The van der Waals surface area contributed by atoms with Crippen LogP contribution in [0.25, 0.3) is 0 Å². The SMILES string of the molecule is Cn1ccnc1SCC(Cl)C#N. The highest BCUT2D eigenvalue weighted by atomic mass is 35.5. The molecule has 0 saturated carbocycles. The van der Waals surface area contributed by atoms with Gasteiger partial charge in [-0.1, -0.05) is 11.8 Å². The summed E-state index contributed by atoms with van der Waals surface area (Å²) in [6.07, 6.45) is 3.58. The molecule has 5 heteroatoms. The van der Waals surface area contributed by atoms with Gasteiger partial charge in [-0.25, -0.2) is 4.98 Å². The van der Waals surface area contributed by atoms with E-state index in [2.05, 4.69) is 4.98 Å². The van der Waals surface area contributed by atoms with Crippen LogP contribution >= 0.6 is 23.4 Å². The summed E-state index contributed by atoms with van der Waals surface area (Å²) in [7, 11) is 1.91. The van der Waals surface area contributed by atoms with Crippen LogP contribution in [0.5, 0.6) is 0 Å². The van der Waals surface area contributed by atoms with Crippen LogP contribution in [-0.2, 0) is 7.05 Å². The molecule has 0 radical (unpaired) electrons. The Hall–Kier alpha value is -0.660. The number of hydrogen-bond acceptors (Lipinski definition) is 3. The minimum absolute atomic E-state index is 0.438. The van der Waals surface area contributed by atoms with Gasteiger partial charge in [0.1, 0.15) is 5.38 Å². The van der Waals surface area contributed by atoms with Crippen molar-refractivity contribution in [1.29, 1.82) is 5.26 Å². The van der Waals surface area contributed by atoms with E-state index in [4.69, 9.17) is 16.9 Å². The maximum atomic E-state index is 8.41.